The molecule has 1 aliphatic rings. The van der Waals surface area contributed by atoms with Crippen LogP contribution in [0.15, 0.2) is 0 Å². The van der Waals surface area contributed by atoms with Gasteiger partial charge in [0.25, 0.3) is 0 Å². The van der Waals surface area contributed by atoms with Gasteiger partial charge in [-0.1, -0.05) is 26.7 Å². The predicted molar refractivity (Wildman–Crippen MR) is 67.4 cm³/mol. The van der Waals surface area contributed by atoms with Crippen molar-refractivity contribution in [2.45, 2.75) is 52.5 Å². The maximum Gasteiger partial charge on any atom is 0.225 e. The zero-order chi connectivity index (χ0) is 12.0. The van der Waals surface area contributed by atoms with E-state index in [9.17, 15) is 4.79 Å². The van der Waals surface area contributed by atoms with E-state index in [2.05, 4.69) is 26.1 Å². The van der Waals surface area contributed by atoms with Crippen LogP contribution in [0.2, 0.25) is 0 Å². The predicted octanol–water partition coefficient (Wildman–Crippen LogP) is 2.02. The lowest BCUT2D eigenvalue weighted by atomic mass is 9.97. The number of nitrogens with zero attached hydrogens (tertiary/aromatic N) is 1. The minimum absolute atomic E-state index is 0.255. The lowest BCUT2D eigenvalue weighted by Crippen LogP contribution is -2.52. The summed E-state index contributed by atoms with van der Waals surface area (Å²) >= 11 is 0. The second-order valence-corrected chi connectivity index (χ2v) is 4.89. The van der Waals surface area contributed by atoms with Gasteiger partial charge in [-0.2, -0.15) is 0 Å². The molecule has 1 N–H and O–H groups in total. The van der Waals surface area contributed by atoms with Gasteiger partial charge in [-0.05, 0) is 19.8 Å². The fourth-order valence-corrected chi connectivity index (χ4v) is 2.34. The molecule has 3 heteroatoms. The molecule has 1 unspecified atom stereocenters. The lowest BCUT2D eigenvalue weighted by Gasteiger charge is -2.34. The van der Waals surface area contributed by atoms with Crippen LogP contribution in [-0.2, 0) is 4.79 Å². The highest BCUT2D eigenvalue weighted by Gasteiger charge is 2.25. The van der Waals surface area contributed by atoms with E-state index < -0.39 is 0 Å². The van der Waals surface area contributed by atoms with E-state index in [1.807, 2.05) is 4.90 Å². The van der Waals surface area contributed by atoms with Gasteiger partial charge >= 0.3 is 0 Å². The van der Waals surface area contributed by atoms with Crippen molar-refractivity contribution in [1.29, 1.82) is 0 Å². The Labute approximate surface area is 99.6 Å². The van der Waals surface area contributed by atoms with Crippen LogP contribution in [0.4, 0.5) is 0 Å². The first-order valence-electron chi connectivity index (χ1n) is 6.71. The van der Waals surface area contributed by atoms with Crippen molar-refractivity contribution >= 4 is 5.91 Å². The van der Waals surface area contributed by atoms with Crippen molar-refractivity contribution in [3.8, 4) is 0 Å². The van der Waals surface area contributed by atoms with Crippen LogP contribution in [-0.4, -0.2) is 36.5 Å². The summed E-state index contributed by atoms with van der Waals surface area (Å²) in [6.07, 6.45) is 4.40. The molecule has 0 aromatic rings. The highest BCUT2D eigenvalue weighted by Crippen LogP contribution is 2.16. The number of amides is 1. The van der Waals surface area contributed by atoms with E-state index in [1.54, 1.807) is 0 Å². The van der Waals surface area contributed by atoms with E-state index in [4.69, 9.17) is 0 Å². The van der Waals surface area contributed by atoms with Gasteiger partial charge in [-0.25, -0.2) is 0 Å². The average molecular weight is 226 g/mol. The minimum Gasteiger partial charge on any atom is -0.340 e. The summed E-state index contributed by atoms with van der Waals surface area (Å²) in [5.74, 6) is 0.634. The van der Waals surface area contributed by atoms with Crippen molar-refractivity contribution < 1.29 is 4.79 Å². The third-order valence-corrected chi connectivity index (χ3v) is 3.43. The normalized spacial score (nSPS) is 23.2. The molecule has 3 nitrogen and oxygen atoms in total. The Hall–Kier alpha value is -0.570. The molecule has 0 saturated carbocycles. The molecule has 1 aliphatic heterocycles. The fourth-order valence-electron chi connectivity index (χ4n) is 2.34. The van der Waals surface area contributed by atoms with Gasteiger partial charge in [-0.15, -0.1) is 0 Å². The molecule has 0 aromatic carbocycles. The van der Waals surface area contributed by atoms with E-state index >= 15 is 0 Å². The molecule has 0 aromatic heterocycles. The Kier molecular flexibility index (Phi) is 5.81. The summed E-state index contributed by atoms with van der Waals surface area (Å²) in [5.41, 5.74) is 0. The van der Waals surface area contributed by atoms with E-state index in [0.29, 0.717) is 11.9 Å². The van der Waals surface area contributed by atoms with E-state index in [-0.39, 0.29) is 5.92 Å². The number of unbranched alkanes of at least 4 members (excludes halogenated alkanes) is 1. The summed E-state index contributed by atoms with van der Waals surface area (Å²) in [4.78, 5) is 14.3. The van der Waals surface area contributed by atoms with Gasteiger partial charge in [-0.3, -0.25) is 4.79 Å². The molecule has 1 fully saturated rings. The van der Waals surface area contributed by atoms with Gasteiger partial charge in [0.2, 0.25) is 5.91 Å². The van der Waals surface area contributed by atoms with Crippen LogP contribution in [0, 0.1) is 5.92 Å². The van der Waals surface area contributed by atoms with Gasteiger partial charge in [0.1, 0.15) is 0 Å². The molecule has 1 rings (SSSR count). The lowest BCUT2D eigenvalue weighted by molar-refractivity contribution is -0.137. The summed E-state index contributed by atoms with van der Waals surface area (Å²) in [6, 6.07) is 0.446. The number of hydrogen-bond donors (Lipinski definition) is 1. The Morgan fingerprint density at radius 3 is 2.81 bits per heavy atom. The van der Waals surface area contributed by atoms with Crippen molar-refractivity contribution in [2.24, 2.45) is 5.92 Å². The monoisotopic (exact) mass is 226 g/mol. The molecule has 94 valence electrons. The first-order valence-corrected chi connectivity index (χ1v) is 6.71. The smallest absolute Gasteiger partial charge is 0.225 e. The second-order valence-electron chi connectivity index (χ2n) is 4.89. The van der Waals surface area contributed by atoms with Crippen molar-refractivity contribution in [1.82, 2.24) is 10.2 Å². The third kappa shape index (κ3) is 3.78. The van der Waals surface area contributed by atoms with Crippen LogP contribution in [0.25, 0.3) is 0 Å². The summed E-state index contributed by atoms with van der Waals surface area (Å²) in [6.45, 7) is 9.16. The highest BCUT2D eigenvalue weighted by molar-refractivity contribution is 5.79. The van der Waals surface area contributed by atoms with Crippen LogP contribution in [0.1, 0.15) is 46.5 Å². The first-order chi connectivity index (χ1) is 7.69. The molecule has 1 heterocycles. The Morgan fingerprint density at radius 2 is 2.25 bits per heavy atom. The quantitative estimate of drug-likeness (QED) is 0.778. The summed E-state index contributed by atoms with van der Waals surface area (Å²) in [7, 11) is 0. The maximum absolute atomic E-state index is 12.3. The number of carbonyl (C=O) groups is 1. The topological polar surface area (TPSA) is 32.3 Å². The number of rotatable bonds is 5. The SMILES string of the molecule is CCCCC(CC)C(=O)N1CCN[C@H](C)C1. The molecular weight excluding hydrogens is 200 g/mol. The number of nitrogens with one attached hydrogen (secondary N) is 1. The van der Waals surface area contributed by atoms with Crippen LogP contribution < -0.4 is 5.32 Å². The molecule has 2 atom stereocenters. The van der Waals surface area contributed by atoms with Crippen LogP contribution in [0.3, 0.4) is 0 Å². The number of piperazine rings is 1. The number of hydrogen-bond acceptors (Lipinski definition) is 2. The zero-order valence-electron chi connectivity index (χ0n) is 11.0. The van der Waals surface area contributed by atoms with Crippen LogP contribution >= 0.6 is 0 Å². The molecule has 0 bridgehead atoms. The van der Waals surface area contributed by atoms with Crippen LogP contribution in [0.5, 0.6) is 0 Å². The molecule has 0 radical (unpaired) electrons. The minimum atomic E-state index is 0.255. The van der Waals surface area contributed by atoms with Gasteiger partial charge in [0, 0.05) is 31.6 Å². The zero-order valence-corrected chi connectivity index (χ0v) is 11.0. The maximum atomic E-state index is 12.3. The highest BCUT2D eigenvalue weighted by atomic mass is 16.2. The molecular formula is C13H26N2O. The van der Waals surface area contributed by atoms with Crippen molar-refractivity contribution in [3.63, 3.8) is 0 Å². The largest absolute Gasteiger partial charge is 0.340 e. The Balaban J connectivity index is 2.46. The van der Waals surface area contributed by atoms with E-state index in [0.717, 1.165) is 32.5 Å². The summed E-state index contributed by atoms with van der Waals surface area (Å²) < 4.78 is 0. The molecule has 16 heavy (non-hydrogen) atoms. The molecule has 1 saturated heterocycles. The van der Waals surface area contributed by atoms with Crippen molar-refractivity contribution in [2.75, 3.05) is 19.6 Å². The second kappa shape index (κ2) is 6.89. The third-order valence-electron chi connectivity index (χ3n) is 3.43. The Bertz CT molecular complexity index is 218. The average Bonchev–Trinajstić information content (AvgIpc) is 2.29. The molecule has 0 aliphatic carbocycles. The van der Waals surface area contributed by atoms with Gasteiger partial charge in [0.15, 0.2) is 0 Å². The van der Waals surface area contributed by atoms with Gasteiger partial charge < -0.3 is 10.2 Å². The molecule has 0 spiro atoms. The standard InChI is InChI=1S/C13H26N2O/c1-4-6-7-12(5-2)13(16)15-9-8-14-11(3)10-15/h11-12,14H,4-10H2,1-3H3/t11-,12?/m1/s1. The number of carbonyl (C=O) groups excluding carboxylic acids is 1. The van der Waals surface area contributed by atoms with E-state index in [1.165, 1.54) is 12.8 Å². The Morgan fingerprint density at radius 1 is 1.50 bits per heavy atom. The molecule has 1 amide bonds. The van der Waals surface area contributed by atoms with Crippen molar-refractivity contribution in [3.05, 3.63) is 0 Å². The summed E-state index contributed by atoms with van der Waals surface area (Å²) in [5, 5.41) is 3.37. The fraction of sp³-hybridized carbons (Fsp3) is 0.923. The van der Waals surface area contributed by atoms with Gasteiger partial charge in [0.05, 0.1) is 0 Å². The first kappa shape index (κ1) is 13.5.